The summed E-state index contributed by atoms with van der Waals surface area (Å²) in [5, 5.41) is 2.99. The van der Waals surface area contributed by atoms with Crippen LogP contribution >= 0.6 is 0 Å². The van der Waals surface area contributed by atoms with Gasteiger partial charge in [-0.05, 0) is 12.0 Å². The Hall–Kier alpha value is -1.81. The van der Waals surface area contributed by atoms with E-state index in [1.807, 2.05) is 11.0 Å². The van der Waals surface area contributed by atoms with Crippen LogP contribution in [0.2, 0.25) is 0 Å². The normalized spacial score (nSPS) is 16.1. The number of hydrogen-bond donors (Lipinski definition) is 1. The maximum Gasteiger partial charge on any atom is 0.317 e. The molecule has 22 heavy (non-hydrogen) atoms. The van der Waals surface area contributed by atoms with E-state index in [0.717, 1.165) is 52.1 Å². The van der Waals surface area contributed by atoms with Gasteiger partial charge in [-0.25, -0.2) is 4.79 Å². The second kappa shape index (κ2) is 9.26. The van der Waals surface area contributed by atoms with E-state index < -0.39 is 0 Å². The molecule has 0 radical (unpaired) electrons. The minimum absolute atomic E-state index is 0.0907. The summed E-state index contributed by atoms with van der Waals surface area (Å²) in [7, 11) is 0. The van der Waals surface area contributed by atoms with Crippen molar-refractivity contribution in [2.45, 2.75) is 19.8 Å². The highest BCUT2D eigenvalue weighted by atomic mass is 16.2. The number of urea groups is 1. The quantitative estimate of drug-likeness (QED) is 0.820. The van der Waals surface area contributed by atoms with Crippen molar-refractivity contribution < 1.29 is 4.79 Å². The highest BCUT2D eigenvalue weighted by Crippen LogP contribution is 2.04. The van der Waals surface area contributed by atoms with Crippen molar-refractivity contribution in [2.75, 3.05) is 39.3 Å². The highest BCUT2D eigenvalue weighted by Gasteiger charge is 2.19. The van der Waals surface area contributed by atoms with Gasteiger partial charge in [-0.15, -0.1) is 0 Å². The molecule has 1 heterocycles. The highest BCUT2D eigenvalue weighted by molar-refractivity contribution is 5.74. The summed E-state index contributed by atoms with van der Waals surface area (Å²) >= 11 is 0. The second-order valence-corrected chi connectivity index (χ2v) is 5.69. The number of rotatable bonds is 6. The molecule has 0 bridgehead atoms. The van der Waals surface area contributed by atoms with Crippen molar-refractivity contribution in [1.82, 2.24) is 15.1 Å². The van der Waals surface area contributed by atoms with Gasteiger partial charge >= 0.3 is 6.03 Å². The molecule has 0 aromatic heterocycles. The van der Waals surface area contributed by atoms with Crippen LogP contribution in [0.15, 0.2) is 36.4 Å². The molecule has 0 saturated carbocycles. The van der Waals surface area contributed by atoms with Crippen LogP contribution in [0, 0.1) is 0 Å². The van der Waals surface area contributed by atoms with Crippen LogP contribution in [-0.4, -0.2) is 55.1 Å². The Morgan fingerprint density at radius 3 is 2.59 bits per heavy atom. The van der Waals surface area contributed by atoms with E-state index in [2.05, 4.69) is 53.6 Å². The van der Waals surface area contributed by atoms with E-state index in [0.29, 0.717) is 0 Å². The average Bonchev–Trinajstić information content (AvgIpc) is 2.56. The summed E-state index contributed by atoms with van der Waals surface area (Å²) in [6.45, 7) is 7.39. The second-order valence-electron chi connectivity index (χ2n) is 5.69. The molecule has 1 aliphatic rings. The van der Waals surface area contributed by atoms with Gasteiger partial charge in [0.25, 0.3) is 0 Å². The van der Waals surface area contributed by atoms with Crippen LogP contribution in [0.25, 0.3) is 6.08 Å². The molecule has 2 amide bonds. The Morgan fingerprint density at radius 2 is 1.91 bits per heavy atom. The molecule has 1 N–H and O–H groups in total. The van der Waals surface area contributed by atoms with Gasteiger partial charge in [0.15, 0.2) is 0 Å². The minimum Gasteiger partial charge on any atom is -0.338 e. The average molecular weight is 301 g/mol. The Bertz CT molecular complexity index is 464. The SMILES string of the molecule is CCCCNC(=O)N1CCN(C/C=C\c2ccccc2)CC1. The molecule has 2 rings (SSSR count). The third kappa shape index (κ3) is 5.53. The summed E-state index contributed by atoms with van der Waals surface area (Å²) in [4.78, 5) is 16.3. The first-order valence-electron chi connectivity index (χ1n) is 8.26. The van der Waals surface area contributed by atoms with Gasteiger partial charge in [-0.2, -0.15) is 0 Å². The molecule has 4 heteroatoms. The first kappa shape index (κ1) is 16.6. The number of nitrogens with one attached hydrogen (secondary N) is 1. The number of carbonyl (C=O) groups is 1. The molecule has 0 aliphatic carbocycles. The number of carbonyl (C=O) groups excluding carboxylic acids is 1. The molecule has 1 fully saturated rings. The Morgan fingerprint density at radius 1 is 1.18 bits per heavy atom. The number of unbranched alkanes of at least 4 members (excludes halogenated alkanes) is 1. The van der Waals surface area contributed by atoms with Crippen molar-refractivity contribution in [1.29, 1.82) is 0 Å². The Kier molecular flexibility index (Phi) is 6.97. The van der Waals surface area contributed by atoms with Gasteiger partial charge < -0.3 is 10.2 Å². The van der Waals surface area contributed by atoms with E-state index in [-0.39, 0.29) is 6.03 Å². The predicted molar refractivity (Wildman–Crippen MR) is 91.8 cm³/mol. The monoisotopic (exact) mass is 301 g/mol. The Balaban J connectivity index is 1.66. The summed E-state index contributed by atoms with van der Waals surface area (Å²) < 4.78 is 0. The van der Waals surface area contributed by atoms with E-state index >= 15 is 0 Å². The summed E-state index contributed by atoms with van der Waals surface area (Å²) in [5.74, 6) is 0. The molecule has 0 unspecified atom stereocenters. The smallest absolute Gasteiger partial charge is 0.317 e. The number of nitrogens with zero attached hydrogens (tertiary/aromatic N) is 2. The number of hydrogen-bond acceptors (Lipinski definition) is 2. The van der Waals surface area contributed by atoms with E-state index in [1.54, 1.807) is 0 Å². The van der Waals surface area contributed by atoms with Crippen LogP contribution in [0.1, 0.15) is 25.3 Å². The lowest BCUT2D eigenvalue weighted by Gasteiger charge is -2.34. The van der Waals surface area contributed by atoms with Crippen molar-refractivity contribution in [3.63, 3.8) is 0 Å². The van der Waals surface area contributed by atoms with Crippen LogP contribution < -0.4 is 5.32 Å². The van der Waals surface area contributed by atoms with Gasteiger partial charge in [0.2, 0.25) is 0 Å². The summed E-state index contributed by atoms with van der Waals surface area (Å²) in [6, 6.07) is 10.4. The fourth-order valence-corrected chi connectivity index (χ4v) is 2.52. The molecule has 1 saturated heterocycles. The maximum atomic E-state index is 12.0. The fraction of sp³-hybridized carbons (Fsp3) is 0.500. The molecule has 4 nitrogen and oxygen atoms in total. The number of amides is 2. The summed E-state index contributed by atoms with van der Waals surface area (Å²) in [5.41, 5.74) is 1.23. The molecule has 1 aromatic rings. The van der Waals surface area contributed by atoms with Gasteiger partial charge in [0.1, 0.15) is 0 Å². The van der Waals surface area contributed by atoms with Crippen LogP contribution in [0.4, 0.5) is 4.79 Å². The Labute approximate surface area is 133 Å². The zero-order valence-corrected chi connectivity index (χ0v) is 13.5. The number of benzene rings is 1. The minimum atomic E-state index is 0.0907. The van der Waals surface area contributed by atoms with Gasteiger partial charge in [-0.1, -0.05) is 55.8 Å². The van der Waals surface area contributed by atoms with Crippen LogP contribution in [0.5, 0.6) is 0 Å². The van der Waals surface area contributed by atoms with E-state index in [1.165, 1.54) is 5.56 Å². The molecule has 0 atom stereocenters. The van der Waals surface area contributed by atoms with Gasteiger partial charge in [0.05, 0.1) is 0 Å². The molecule has 1 aromatic carbocycles. The molecule has 0 spiro atoms. The first-order chi connectivity index (χ1) is 10.8. The van der Waals surface area contributed by atoms with Crippen molar-refractivity contribution in [2.24, 2.45) is 0 Å². The lowest BCUT2D eigenvalue weighted by Crippen LogP contribution is -2.51. The lowest BCUT2D eigenvalue weighted by molar-refractivity contribution is 0.147. The molecular formula is C18H27N3O. The zero-order chi connectivity index (χ0) is 15.6. The first-order valence-corrected chi connectivity index (χ1v) is 8.26. The van der Waals surface area contributed by atoms with E-state index in [4.69, 9.17) is 0 Å². The van der Waals surface area contributed by atoms with Gasteiger partial charge in [0, 0.05) is 39.3 Å². The fourth-order valence-electron chi connectivity index (χ4n) is 2.52. The van der Waals surface area contributed by atoms with E-state index in [9.17, 15) is 4.79 Å². The third-order valence-corrected chi connectivity index (χ3v) is 3.94. The van der Waals surface area contributed by atoms with Crippen molar-refractivity contribution >= 4 is 12.1 Å². The topological polar surface area (TPSA) is 35.6 Å². The molecule has 120 valence electrons. The van der Waals surface area contributed by atoms with Crippen molar-refractivity contribution in [3.8, 4) is 0 Å². The third-order valence-electron chi connectivity index (χ3n) is 3.94. The molecule has 1 aliphatic heterocycles. The number of piperazine rings is 1. The summed E-state index contributed by atoms with van der Waals surface area (Å²) in [6.07, 6.45) is 6.52. The predicted octanol–water partition coefficient (Wildman–Crippen LogP) is 2.83. The zero-order valence-electron chi connectivity index (χ0n) is 13.5. The van der Waals surface area contributed by atoms with Crippen LogP contribution in [0.3, 0.4) is 0 Å². The standard InChI is InChI=1S/C18H27N3O/c1-2-3-11-19-18(22)21-15-13-20(14-16-21)12-7-10-17-8-5-4-6-9-17/h4-10H,2-3,11-16H2,1H3,(H,19,22)/b10-7-. The van der Waals surface area contributed by atoms with Crippen molar-refractivity contribution in [3.05, 3.63) is 42.0 Å². The molecular weight excluding hydrogens is 274 g/mol. The lowest BCUT2D eigenvalue weighted by atomic mass is 10.2. The van der Waals surface area contributed by atoms with Crippen LogP contribution in [-0.2, 0) is 0 Å². The van der Waals surface area contributed by atoms with Gasteiger partial charge in [-0.3, -0.25) is 4.90 Å². The maximum absolute atomic E-state index is 12.0. The largest absolute Gasteiger partial charge is 0.338 e.